The van der Waals surface area contributed by atoms with E-state index in [1.807, 2.05) is 30.3 Å². The van der Waals surface area contributed by atoms with Gasteiger partial charge in [0.05, 0.1) is 5.56 Å². The van der Waals surface area contributed by atoms with Crippen molar-refractivity contribution in [1.29, 1.82) is 0 Å². The molecule has 1 aliphatic heterocycles. The van der Waals surface area contributed by atoms with Crippen molar-refractivity contribution < 1.29 is 18.8 Å². The second kappa shape index (κ2) is 7.72. The number of rotatable bonds is 5. The number of H-pyrrole nitrogens is 1. The second-order valence-corrected chi connectivity index (χ2v) is 6.40. The average molecular weight is 395 g/mol. The molecule has 4 rings (SSSR count). The molecule has 0 saturated heterocycles. The Morgan fingerprint density at radius 2 is 2.03 bits per heavy atom. The van der Waals surface area contributed by atoms with Gasteiger partial charge in [0, 0.05) is 24.8 Å². The van der Waals surface area contributed by atoms with E-state index in [0.29, 0.717) is 5.76 Å². The Morgan fingerprint density at radius 1 is 1.24 bits per heavy atom. The Morgan fingerprint density at radius 3 is 2.79 bits per heavy atom. The van der Waals surface area contributed by atoms with E-state index >= 15 is 0 Å². The Kier molecular flexibility index (Phi) is 4.96. The van der Waals surface area contributed by atoms with Crippen LogP contribution in [0.15, 0.2) is 68.9 Å². The molecule has 148 valence electrons. The van der Waals surface area contributed by atoms with Crippen molar-refractivity contribution in [2.75, 3.05) is 6.61 Å². The van der Waals surface area contributed by atoms with Crippen LogP contribution in [0.3, 0.4) is 0 Å². The van der Waals surface area contributed by atoms with Crippen LogP contribution in [-0.4, -0.2) is 33.4 Å². The van der Waals surface area contributed by atoms with Crippen molar-refractivity contribution in [2.45, 2.75) is 19.3 Å². The van der Waals surface area contributed by atoms with Gasteiger partial charge in [-0.25, -0.2) is 4.79 Å². The van der Waals surface area contributed by atoms with Gasteiger partial charge in [-0.1, -0.05) is 41.6 Å². The van der Waals surface area contributed by atoms with Crippen LogP contribution in [0.4, 0.5) is 0 Å². The van der Waals surface area contributed by atoms with Crippen molar-refractivity contribution in [3.05, 3.63) is 75.6 Å². The van der Waals surface area contributed by atoms with Crippen LogP contribution in [0, 0.1) is 0 Å². The highest BCUT2D eigenvalue weighted by atomic mass is 16.6. The van der Waals surface area contributed by atoms with E-state index in [9.17, 15) is 14.4 Å². The van der Waals surface area contributed by atoms with E-state index in [2.05, 4.69) is 10.1 Å². The lowest BCUT2D eigenvalue weighted by molar-refractivity contribution is -0.145. The van der Waals surface area contributed by atoms with E-state index in [4.69, 9.17) is 14.0 Å². The highest BCUT2D eigenvalue weighted by molar-refractivity contribution is 5.66. The summed E-state index contributed by atoms with van der Waals surface area (Å²) in [5.74, 6) is 0.0744. The fourth-order valence-electron chi connectivity index (χ4n) is 2.94. The van der Waals surface area contributed by atoms with Crippen LogP contribution in [0.5, 0.6) is 0 Å². The van der Waals surface area contributed by atoms with Gasteiger partial charge < -0.3 is 14.0 Å². The van der Waals surface area contributed by atoms with Crippen LogP contribution < -0.4 is 11.2 Å². The van der Waals surface area contributed by atoms with Gasteiger partial charge in [0.1, 0.15) is 18.4 Å². The molecule has 9 heteroatoms. The number of carbonyl (C=O) groups excluding carboxylic acids is 1. The molecule has 2 aromatic heterocycles. The summed E-state index contributed by atoms with van der Waals surface area (Å²) in [4.78, 5) is 37.8. The lowest BCUT2D eigenvalue weighted by atomic mass is 10.1. The third kappa shape index (κ3) is 3.94. The van der Waals surface area contributed by atoms with Gasteiger partial charge >= 0.3 is 11.7 Å². The minimum atomic E-state index is -0.751. The molecule has 0 saturated carbocycles. The van der Waals surface area contributed by atoms with Crippen LogP contribution in [0.2, 0.25) is 0 Å². The average Bonchev–Trinajstić information content (AvgIpc) is 3.37. The Labute approximate surface area is 164 Å². The molecule has 2 atom stereocenters. The zero-order valence-corrected chi connectivity index (χ0v) is 15.4. The molecule has 0 bridgehead atoms. The number of aromatic nitrogens is 3. The minimum absolute atomic E-state index is 0.0387. The maximum atomic E-state index is 12.3. The number of nitrogens with one attached hydrogen (secondary N) is 1. The molecular weight excluding hydrogens is 378 g/mol. The molecule has 1 aromatic carbocycles. The minimum Gasteiger partial charge on any atom is -0.463 e. The monoisotopic (exact) mass is 395 g/mol. The smallest absolute Gasteiger partial charge is 0.330 e. The fourth-order valence-corrected chi connectivity index (χ4v) is 2.94. The zero-order valence-electron chi connectivity index (χ0n) is 15.4. The summed E-state index contributed by atoms with van der Waals surface area (Å²) in [6.45, 7) is 1.34. The maximum absolute atomic E-state index is 12.3. The van der Waals surface area contributed by atoms with Crippen LogP contribution >= 0.6 is 0 Å². The highest BCUT2D eigenvalue weighted by Crippen LogP contribution is 2.25. The van der Waals surface area contributed by atoms with Crippen LogP contribution in [0.1, 0.15) is 13.2 Å². The maximum Gasteiger partial charge on any atom is 0.330 e. The lowest BCUT2D eigenvalue weighted by Crippen LogP contribution is -2.33. The number of aromatic amines is 1. The quantitative estimate of drug-likeness (QED) is 0.518. The number of ether oxygens (including phenoxy) is 2. The van der Waals surface area contributed by atoms with Crippen molar-refractivity contribution in [3.8, 4) is 22.6 Å². The first-order valence-electron chi connectivity index (χ1n) is 8.86. The first kappa shape index (κ1) is 18.6. The summed E-state index contributed by atoms with van der Waals surface area (Å²) in [7, 11) is 0. The van der Waals surface area contributed by atoms with Crippen molar-refractivity contribution in [1.82, 2.24) is 14.7 Å². The Balaban J connectivity index is 1.62. The summed E-state index contributed by atoms with van der Waals surface area (Å²) in [6.07, 6.45) is 3.48. The van der Waals surface area contributed by atoms with Gasteiger partial charge in [0.15, 0.2) is 12.0 Å². The molecule has 9 nitrogen and oxygen atoms in total. The molecule has 29 heavy (non-hydrogen) atoms. The third-order valence-electron chi connectivity index (χ3n) is 4.34. The van der Waals surface area contributed by atoms with Gasteiger partial charge in [0.2, 0.25) is 0 Å². The predicted octanol–water partition coefficient (Wildman–Crippen LogP) is 1.88. The van der Waals surface area contributed by atoms with Crippen molar-refractivity contribution in [2.24, 2.45) is 0 Å². The number of nitrogens with zero attached hydrogens (tertiary/aromatic N) is 2. The highest BCUT2D eigenvalue weighted by Gasteiger charge is 2.24. The normalized spacial score (nSPS) is 18.1. The van der Waals surface area contributed by atoms with Crippen molar-refractivity contribution >= 4 is 5.97 Å². The van der Waals surface area contributed by atoms with E-state index < -0.39 is 29.6 Å². The third-order valence-corrected chi connectivity index (χ3v) is 4.34. The summed E-state index contributed by atoms with van der Waals surface area (Å²) in [5, 5.41) is 3.96. The summed E-state index contributed by atoms with van der Waals surface area (Å²) in [6, 6.07) is 10.9. The molecule has 0 unspecified atom stereocenters. The molecule has 0 amide bonds. The van der Waals surface area contributed by atoms with Gasteiger partial charge in [-0.3, -0.25) is 19.1 Å². The molecule has 1 aliphatic rings. The molecule has 1 N–H and O–H groups in total. The van der Waals surface area contributed by atoms with E-state index in [0.717, 1.165) is 5.56 Å². The van der Waals surface area contributed by atoms with Gasteiger partial charge in [0.25, 0.3) is 5.56 Å². The van der Waals surface area contributed by atoms with Gasteiger partial charge in [-0.2, -0.15) is 0 Å². The molecule has 0 fully saturated rings. The predicted molar refractivity (Wildman–Crippen MR) is 102 cm³/mol. The fraction of sp³-hybridized carbons (Fsp3) is 0.200. The Bertz CT molecular complexity index is 1170. The van der Waals surface area contributed by atoms with E-state index in [-0.39, 0.29) is 17.9 Å². The lowest BCUT2D eigenvalue weighted by Gasteiger charge is -2.16. The SMILES string of the molecule is CC(=O)OC[C@@H]1C=C[C@H](n2cc(-c3cc(-c4ccccc4)on3)c(=O)[nH]c2=O)O1. The summed E-state index contributed by atoms with van der Waals surface area (Å²) < 4.78 is 17.2. The Hall–Kier alpha value is -3.72. The number of carbonyl (C=O) groups is 1. The van der Waals surface area contributed by atoms with Crippen molar-refractivity contribution in [3.63, 3.8) is 0 Å². The van der Waals surface area contributed by atoms with Crippen LogP contribution in [0.25, 0.3) is 22.6 Å². The first-order chi connectivity index (χ1) is 14.0. The first-order valence-corrected chi connectivity index (χ1v) is 8.86. The summed E-state index contributed by atoms with van der Waals surface area (Å²) in [5.41, 5.74) is 0.0468. The number of benzene rings is 1. The zero-order chi connectivity index (χ0) is 20.4. The topological polar surface area (TPSA) is 116 Å². The number of hydrogen-bond donors (Lipinski definition) is 1. The molecule has 3 heterocycles. The number of hydrogen-bond acceptors (Lipinski definition) is 7. The largest absolute Gasteiger partial charge is 0.463 e. The van der Waals surface area contributed by atoms with Crippen LogP contribution in [-0.2, 0) is 14.3 Å². The molecule has 3 aromatic rings. The van der Waals surface area contributed by atoms with E-state index in [1.165, 1.54) is 17.7 Å². The molecule has 0 aliphatic carbocycles. The standard InChI is InChI=1S/C20H17N3O6/c1-12(24)27-11-14-7-8-18(28-14)23-10-15(19(25)21-20(23)26)16-9-17(29-22-16)13-5-3-2-4-6-13/h2-10,14,18H,11H2,1H3,(H,21,25,26)/t14-,18+/m0/s1. The number of esters is 1. The van der Waals surface area contributed by atoms with Gasteiger partial charge in [-0.15, -0.1) is 0 Å². The molecular formula is C20H17N3O6. The van der Waals surface area contributed by atoms with Gasteiger partial charge in [-0.05, 0) is 6.08 Å². The molecule has 0 spiro atoms. The molecule has 0 radical (unpaired) electrons. The second-order valence-electron chi connectivity index (χ2n) is 6.40. The van der Waals surface area contributed by atoms with E-state index in [1.54, 1.807) is 18.2 Å². The summed E-state index contributed by atoms with van der Waals surface area (Å²) >= 11 is 0.